The largest absolute Gasteiger partial charge is 0.492 e. The van der Waals surface area contributed by atoms with Crippen LogP contribution in [0.3, 0.4) is 0 Å². The second-order valence-corrected chi connectivity index (χ2v) is 8.44. The normalized spacial score (nSPS) is 15.5. The first-order valence-corrected chi connectivity index (χ1v) is 11.1. The highest BCUT2D eigenvalue weighted by Gasteiger charge is 2.20. The smallest absolute Gasteiger partial charge is 0.191 e. The van der Waals surface area contributed by atoms with Crippen LogP contribution in [0.5, 0.6) is 5.75 Å². The van der Waals surface area contributed by atoms with Gasteiger partial charge in [-0.1, -0.05) is 62.4 Å². The highest BCUT2D eigenvalue weighted by molar-refractivity contribution is 5.79. The highest BCUT2D eigenvalue weighted by atomic mass is 16.5. The Bertz CT molecular complexity index is 817. The Morgan fingerprint density at radius 3 is 2.48 bits per heavy atom. The van der Waals surface area contributed by atoms with E-state index in [1.165, 1.54) is 5.56 Å². The SMILES string of the molecule is CN=C(NCc1ccccc1OCCN1CCOCC1)NCC(C)(C)c1ccccc1. The lowest BCUT2D eigenvalue weighted by Crippen LogP contribution is -2.43. The first-order chi connectivity index (χ1) is 15.1. The molecule has 2 aromatic rings. The molecule has 2 N–H and O–H groups in total. The van der Waals surface area contributed by atoms with E-state index < -0.39 is 0 Å². The molecule has 1 saturated heterocycles. The first kappa shape index (κ1) is 23.1. The minimum atomic E-state index is -0.000605. The standard InChI is InChI=1S/C25H36N4O2/c1-25(2,22-10-5-4-6-11-22)20-28-24(26-3)27-19-21-9-7-8-12-23(21)31-18-15-29-13-16-30-17-14-29/h4-12H,13-20H2,1-3H3,(H2,26,27,28). The molecule has 0 atom stereocenters. The van der Waals surface area contributed by atoms with Crippen LogP contribution in [0, 0.1) is 0 Å². The Morgan fingerprint density at radius 2 is 1.74 bits per heavy atom. The topological polar surface area (TPSA) is 58.1 Å². The fraction of sp³-hybridized carbons (Fsp3) is 0.480. The van der Waals surface area contributed by atoms with Gasteiger partial charge in [-0.2, -0.15) is 0 Å². The van der Waals surface area contributed by atoms with E-state index in [-0.39, 0.29) is 5.41 Å². The van der Waals surface area contributed by atoms with Gasteiger partial charge in [0.2, 0.25) is 0 Å². The highest BCUT2D eigenvalue weighted by Crippen LogP contribution is 2.22. The van der Waals surface area contributed by atoms with E-state index in [4.69, 9.17) is 9.47 Å². The number of ether oxygens (including phenoxy) is 2. The fourth-order valence-corrected chi connectivity index (χ4v) is 3.60. The van der Waals surface area contributed by atoms with Gasteiger partial charge in [-0.15, -0.1) is 0 Å². The van der Waals surface area contributed by atoms with Crippen LogP contribution in [-0.2, 0) is 16.7 Å². The molecule has 6 heteroatoms. The summed E-state index contributed by atoms with van der Waals surface area (Å²) in [5.74, 6) is 1.70. The van der Waals surface area contributed by atoms with E-state index in [1.54, 1.807) is 7.05 Å². The zero-order valence-corrected chi connectivity index (χ0v) is 19.1. The molecule has 1 heterocycles. The number of guanidine groups is 1. The molecule has 6 nitrogen and oxygen atoms in total. The second kappa shape index (κ2) is 11.7. The Hall–Kier alpha value is -2.57. The zero-order valence-electron chi connectivity index (χ0n) is 19.1. The molecule has 0 unspecified atom stereocenters. The van der Waals surface area contributed by atoms with Crippen LogP contribution in [0.1, 0.15) is 25.0 Å². The van der Waals surface area contributed by atoms with Gasteiger partial charge in [0.05, 0.1) is 13.2 Å². The Morgan fingerprint density at radius 1 is 1.03 bits per heavy atom. The number of aliphatic imine (C=N–C) groups is 1. The number of hydrogen-bond donors (Lipinski definition) is 2. The molecule has 0 spiro atoms. The van der Waals surface area contributed by atoms with E-state index in [2.05, 4.69) is 64.7 Å². The summed E-state index contributed by atoms with van der Waals surface area (Å²) in [6, 6.07) is 18.7. The third-order valence-corrected chi connectivity index (χ3v) is 5.66. The number of nitrogens with zero attached hydrogens (tertiary/aromatic N) is 2. The average molecular weight is 425 g/mol. The second-order valence-electron chi connectivity index (χ2n) is 8.44. The van der Waals surface area contributed by atoms with E-state index >= 15 is 0 Å². The number of benzene rings is 2. The molecule has 31 heavy (non-hydrogen) atoms. The van der Waals surface area contributed by atoms with Crippen molar-refractivity contribution in [3.05, 3.63) is 65.7 Å². The van der Waals surface area contributed by atoms with E-state index in [1.807, 2.05) is 24.3 Å². The van der Waals surface area contributed by atoms with Gasteiger partial charge in [-0.25, -0.2) is 0 Å². The van der Waals surface area contributed by atoms with Gasteiger partial charge < -0.3 is 20.1 Å². The molecule has 1 aliphatic heterocycles. The number of morpholine rings is 1. The molecule has 0 amide bonds. The van der Waals surface area contributed by atoms with Crippen molar-refractivity contribution in [3.8, 4) is 5.75 Å². The van der Waals surface area contributed by atoms with Crippen LogP contribution in [0.15, 0.2) is 59.6 Å². The fourth-order valence-electron chi connectivity index (χ4n) is 3.60. The quantitative estimate of drug-likeness (QED) is 0.479. The Labute approximate surface area is 186 Å². The summed E-state index contributed by atoms with van der Waals surface area (Å²) in [6.07, 6.45) is 0. The Balaban J connectivity index is 1.49. The van der Waals surface area contributed by atoms with E-state index in [0.29, 0.717) is 13.2 Å². The molecule has 0 saturated carbocycles. The summed E-state index contributed by atoms with van der Waals surface area (Å²) in [5.41, 5.74) is 2.42. The average Bonchev–Trinajstić information content (AvgIpc) is 2.81. The third kappa shape index (κ3) is 7.26. The summed E-state index contributed by atoms with van der Waals surface area (Å²) >= 11 is 0. The van der Waals surface area contributed by atoms with Crippen LogP contribution in [0.2, 0.25) is 0 Å². The third-order valence-electron chi connectivity index (χ3n) is 5.66. The van der Waals surface area contributed by atoms with Gasteiger partial charge in [0.15, 0.2) is 5.96 Å². The van der Waals surface area contributed by atoms with Crippen molar-refractivity contribution in [2.75, 3.05) is 53.0 Å². The van der Waals surface area contributed by atoms with Gasteiger partial charge in [0.1, 0.15) is 12.4 Å². The van der Waals surface area contributed by atoms with Crippen molar-refractivity contribution < 1.29 is 9.47 Å². The molecule has 0 bridgehead atoms. The van der Waals surface area contributed by atoms with E-state index in [9.17, 15) is 0 Å². The van der Waals surface area contributed by atoms with E-state index in [0.717, 1.165) is 56.7 Å². The van der Waals surface area contributed by atoms with Crippen molar-refractivity contribution in [1.82, 2.24) is 15.5 Å². The van der Waals surface area contributed by atoms with Gasteiger partial charge >= 0.3 is 0 Å². The van der Waals surface area contributed by atoms with Crippen LogP contribution < -0.4 is 15.4 Å². The predicted molar refractivity (Wildman–Crippen MR) is 127 cm³/mol. The lowest BCUT2D eigenvalue weighted by atomic mass is 9.85. The monoisotopic (exact) mass is 424 g/mol. The van der Waals surface area contributed by atoms with Gasteiger partial charge in [-0.05, 0) is 11.6 Å². The zero-order chi connectivity index (χ0) is 21.9. The first-order valence-electron chi connectivity index (χ1n) is 11.1. The molecule has 0 aromatic heterocycles. The number of para-hydroxylation sites is 1. The van der Waals surface area contributed by atoms with Gasteiger partial charge in [0, 0.05) is 50.7 Å². The molecule has 1 aliphatic rings. The summed E-state index contributed by atoms with van der Waals surface area (Å²) in [6.45, 7) is 11.1. The van der Waals surface area contributed by atoms with Crippen LogP contribution in [-0.4, -0.2) is 63.9 Å². The number of rotatable bonds is 9. The molecule has 0 radical (unpaired) electrons. The minimum Gasteiger partial charge on any atom is -0.492 e. The molecule has 168 valence electrons. The number of hydrogen-bond acceptors (Lipinski definition) is 4. The maximum absolute atomic E-state index is 6.10. The maximum atomic E-state index is 6.10. The van der Waals surface area contributed by atoms with Crippen molar-refractivity contribution in [1.29, 1.82) is 0 Å². The van der Waals surface area contributed by atoms with Crippen LogP contribution in [0.25, 0.3) is 0 Å². The maximum Gasteiger partial charge on any atom is 0.191 e. The van der Waals surface area contributed by atoms with Gasteiger partial charge in [-0.3, -0.25) is 9.89 Å². The molecular weight excluding hydrogens is 388 g/mol. The van der Waals surface area contributed by atoms with Gasteiger partial charge in [0.25, 0.3) is 0 Å². The molecule has 1 fully saturated rings. The summed E-state index contributed by atoms with van der Waals surface area (Å²) in [5, 5.41) is 6.89. The lowest BCUT2D eigenvalue weighted by Gasteiger charge is -2.27. The van der Waals surface area contributed by atoms with Crippen molar-refractivity contribution in [2.45, 2.75) is 25.8 Å². The molecular formula is C25H36N4O2. The molecule has 3 rings (SSSR count). The minimum absolute atomic E-state index is 0.000605. The molecule has 0 aliphatic carbocycles. The molecule has 2 aromatic carbocycles. The van der Waals surface area contributed by atoms with Crippen molar-refractivity contribution in [2.24, 2.45) is 4.99 Å². The van der Waals surface area contributed by atoms with Crippen molar-refractivity contribution >= 4 is 5.96 Å². The van der Waals surface area contributed by atoms with Crippen molar-refractivity contribution in [3.63, 3.8) is 0 Å². The summed E-state index contributed by atoms with van der Waals surface area (Å²) in [7, 11) is 1.80. The lowest BCUT2D eigenvalue weighted by molar-refractivity contribution is 0.0322. The van der Waals surface area contributed by atoms with Crippen LogP contribution >= 0.6 is 0 Å². The number of nitrogens with one attached hydrogen (secondary N) is 2. The summed E-state index contributed by atoms with van der Waals surface area (Å²) < 4.78 is 11.5. The Kier molecular flexibility index (Phi) is 8.74. The summed E-state index contributed by atoms with van der Waals surface area (Å²) in [4.78, 5) is 6.77. The predicted octanol–water partition coefficient (Wildman–Crippen LogP) is 3.04. The van der Waals surface area contributed by atoms with Crippen LogP contribution in [0.4, 0.5) is 0 Å².